The molecular formula is C21H16ClN3O2. The van der Waals surface area contributed by atoms with Gasteiger partial charge in [-0.1, -0.05) is 29.8 Å². The summed E-state index contributed by atoms with van der Waals surface area (Å²) in [6, 6.07) is 18.9. The molecule has 0 aliphatic heterocycles. The number of rotatable bonds is 5. The number of pyridine rings is 1. The summed E-state index contributed by atoms with van der Waals surface area (Å²) >= 11 is 5.87. The van der Waals surface area contributed by atoms with Gasteiger partial charge in [0.05, 0.1) is 0 Å². The summed E-state index contributed by atoms with van der Waals surface area (Å²) in [4.78, 5) is 29.2. The van der Waals surface area contributed by atoms with Crippen LogP contribution in [0.3, 0.4) is 0 Å². The summed E-state index contributed by atoms with van der Waals surface area (Å²) in [5, 5.41) is 5.99. The lowest BCUT2D eigenvalue weighted by atomic mass is 10.2. The number of amides is 2. The summed E-state index contributed by atoms with van der Waals surface area (Å²) in [7, 11) is 0. The third-order valence-corrected chi connectivity index (χ3v) is 3.90. The Bertz CT molecular complexity index is 956. The van der Waals surface area contributed by atoms with Crippen LogP contribution in [0.1, 0.15) is 15.9 Å². The molecule has 0 unspecified atom stereocenters. The minimum Gasteiger partial charge on any atom is -0.321 e. The van der Waals surface area contributed by atoms with E-state index < -0.39 is 5.91 Å². The highest BCUT2D eigenvalue weighted by Gasteiger charge is 2.15. The van der Waals surface area contributed by atoms with Crippen molar-refractivity contribution in [2.24, 2.45) is 0 Å². The highest BCUT2D eigenvalue weighted by atomic mass is 35.5. The number of benzene rings is 2. The molecule has 0 radical (unpaired) electrons. The molecule has 2 aromatic carbocycles. The molecule has 0 spiro atoms. The Morgan fingerprint density at radius 1 is 0.889 bits per heavy atom. The normalized spacial score (nSPS) is 10.9. The summed E-state index contributed by atoms with van der Waals surface area (Å²) in [5.74, 6) is -0.819. The maximum atomic E-state index is 12.7. The molecule has 0 atom stereocenters. The number of hydrogen-bond donors (Lipinski definition) is 2. The first-order chi connectivity index (χ1) is 13.1. The Hall–Kier alpha value is -3.44. The Balaban J connectivity index is 1.85. The lowest BCUT2D eigenvalue weighted by molar-refractivity contribution is -0.113. The number of aromatic nitrogens is 1. The Labute approximate surface area is 161 Å². The van der Waals surface area contributed by atoms with Gasteiger partial charge in [0.2, 0.25) is 0 Å². The molecule has 5 nitrogen and oxygen atoms in total. The standard InChI is InChI=1S/C21H16ClN3O2/c22-17-6-8-18(9-7-17)24-21(27)19(14-15-10-12-23-13-11-15)25-20(26)16-4-2-1-3-5-16/h1-14H,(H,24,27)(H,25,26)/b19-14-. The molecule has 3 aromatic rings. The number of hydrogen-bond acceptors (Lipinski definition) is 3. The molecule has 134 valence electrons. The van der Waals surface area contributed by atoms with Gasteiger partial charge in [-0.15, -0.1) is 0 Å². The first kappa shape index (κ1) is 18.4. The van der Waals surface area contributed by atoms with Crippen molar-refractivity contribution < 1.29 is 9.59 Å². The van der Waals surface area contributed by atoms with Gasteiger partial charge < -0.3 is 10.6 Å². The molecule has 0 aliphatic rings. The minimum absolute atomic E-state index is 0.116. The van der Waals surface area contributed by atoms with E-state index in [4.69, 9.17) is 11.6 Å². The van der Waals surface area contributed by atoms with Gasteiger partial charge in [0.15, 0.2) is 0 Å². The van der Waals surface area contributed by atoms with Crippen LogP contribution >= 0.6 is 11.6 Å². The van der Waals surface area contributed by atoms with Gasteiger partial charge in [-0.2, -0.15) is 0 Å². The van der Waals surface area contributed by atoms with Gasteiger partial charge in [0.1, 0.15) is 5.70 Å². The monoisotopic (exact) mass is 377 g/mol. The van der Waals surface area contributed by atoms with Crippen LogP contribution in [0, 0.1) is 0 Å². The smallest absolute Gasteiger partial charge is 0.272 e. The molecule has 3 rings (SSSR count). The zero-order valence-corrected chi connectivity index (χ0v) is 15.0. The van der Waals surface area contributed by atoms with Crippen molar-refractivity contribution in [1.82, 2.24) is 10.3 Å². The molecule has 0 saturated carbocycles. The van der Waals surface area contributed by atoms with Gasteiger partial charge in [-0.3, -0.25) is 14.6 Å². The molecule has 6 heteroatoms. The number of anilines is 1. The lowest BCUT2D eigenvalue weighted by Crippen LogP contribution is -2.30. The summed E-state index contributed by atoms with van der Waals surface area (Å²) < 4.78 is 0. The van der Waals surface area contributed by atoms with Gasteiger partial charge in [-0.05, 0) is 60.2 Å². The third kappa shape index (κ3) is 5.26. The first-order valence-corrected chi connectivity index (χ1v) is 8.55. The topological polar surface area (TPSA) is 71.1 Å². The predicted molar refractivity (Wildman–Crippen MR) is 106 cm³/mol. The van der Waals surface area contributed by atoms with Crippen molar-refractivity contribution in [3.8, 4) is 0 Å². The molecule has 0 bridgehead atoms. The van der Waals surface area contributed by atoms with Gasteiger partial charge in [0, 0.05) is 28.7 Å². The maximum Gasteiger partial charge on any atom is 0.272 e. The van der Waals surface area contributed by atoms with Crippen molar-refractivity contribution in [2.45, 2.75) is 0 Å². The number of carbonyl (C=O) groups is 2. The quantitative estimate of drug-likeness (QED) is 0.656. The molecule has 27 heavy (non-hydrogen) atoms. The van der Waals surface area contributed by atoms with Crippen molar-refractivity contribution in [3.05, 3.63) is 101 Å². The molecule has 2 N–H and O–H groups in total. The molecule has 0 saturated heterocycles. The van der Waals surface area contributed by atoms with E-state index in [1.807, 2.05) is 6.07 Å². The van der Waals surface area contributed by atoms with E-state index in [2.05, 4.69) is 15.6 Å². The average Bonchev–Trinajstić information content (AvgIpc) is 2.70. The second kappa shape index (κ2) is 8.78. The average molecular weight is 378 g/mol. The van der Waals surface area contributed by atoms with E-state index in [-0.39, 0.29) is 11.6 Å². The summed E-state index contributed by atoms with van der Waals surface area (Å²) in [5.41, 5.74) is 1.88. The van der Waals surface area contributed by atoms with Gasteiger partial charge >= 0.3 is 0 Å². The number of nitrogens with zero attached hydrogens (tertiary/aromatic N) is 1. The van der Waals surface area contributed by atoms with Crippen LogP contribution in [0.25, 0.3) is 6.08 Å². The lowest BCUT2D eigenvalue weighted by Gasteiger charge is -2.11. The van der Waals surface area contributed by atoms with E-state index in [0.717, 1.165) is 5.56 Å². The van der Waals surface area contributed by atoms with Crippen molar-refractivity contribution >= 4 is 35.2 Å². The van der Waals surface area contributed by atoms with Crippen LogP contribution in [0.5, 0.6) is 0 Å². The molecule has 1 aromatic heterocycles. The van der Waals surface area contributed by atoms with E-state index in [9.17, 15) is 9.59 Å². The van der Waals surface area contributed by atoms with Crippen molar-refractivity contribution in [3.63, 3.8) is 0 Å². The third-order valence-electron chi connectivity index (χ3n) is 3.65. The Kier molecular flexibility index (Phi) is 5.97. The van der Waals surface area contributed by atoms with Crippen LogP contribution in [0.15, 0.2) is 84.8 Å². The Morgan fingerprint density at radius 3 is 2.22 bits per heavy atom. The molecular weight excluding hydrogens is 362 g/mol. The van der Waals surface area contributed by atoms with Crippen molar-refractivity contribution in [2.75, 3.05) is 5.32 Å². The minimum atomic E-state index is -0.446. The number of carbonyl (C=O) groups excluding carboxylic acids is 2. The zero-order valence-electron chi connectivity index (χ0n) is 14.2. The highest BCUT2D eigenvalue weighted by molar-refractivity contribution is 6.30. The van der Waals surface area contributed by atoms with Crippen LogP contribution in [0.2, 0.25) is 5.02 Å². The van der Waals surface area contributed by atoms with Crippen LogP contribution < -0.4 is 10.6 Å². The van der Waals surface area contributed by atoms with E-state index in [1.165, 1.54) is 0 Å². The van der Waals surface area contributed by atoms with E-state index in [0.29, 0.717) is 16.3 Å². The fraction of sp³-hybridized carbons (Fsp3) is 0. The zero-order chi connectivity index (χ0) is 19.1. The van der Waals surface area contributed by atoms with Crippen LogP contribution in [0.4, 0.5) is 5.69 Å². The summed E-state index contributed by atoms with van der Waals surface area (Å²) in [6.07, 6.45) is 4.81. The molecule has 1 heterocycles. The van der Waals surface area contributed by atoms with E-state index >= 15 is 0 Å². The SMILES string of the molecule is O=C(Nc1ccc(Cl)cc1)/C(=C/c1ccncc1)NC(=O)c1ccccc1. The van der Waals surface area contributed by atoms with E-state index in [1.54, 1.807) is 79.1 Å². The largest absolute Gasteiger partial charge is 0.321 e. The van der Waals surface area contributed by atoms with Gasteiger partial charge in [-0.25, -0.2) is 0 Å². The molecule has 2 amide bonds. The second-order valence-corrected chi connectivity index (χ2v) is 6.06. The van der Waals surface area contributed by atoms with Gasteiger partial charge in [0.25, 0.3) is 11.8 Å². The predicted octanol–water partition coefficient (Wildman–Crippen LogP) is 4.14. The molecule has 0 fully saturated rings. The molecule has 0 aliphatic carbocycles. The number of nitrogens with one attached hydrogen (secondary N) is 2. The van der Waals surface area contributed by atoms with Crippen molar-refractivity contribution in [1.29, 1.82) is 0 Å². The first-order valence-electron chi connectivity index (χ1n) is 8.17. The highest BCUT2D eigenvalue weighted by Crippen LogP contribution is 2.15. The fourth-order valence-corrected chi connectivity index (χ4v) is 2.43. The van der Waals surface area contributed by atoms with Crippen LogP contribution in [-0.4, -0.2) is 16.8 Å². The van der Waals surface area contributed by atoms with Crippen LogP contribution in [-0.2, 0) is 4.79 Å². The summed E-state index contributed by atoms with van der Waals surface area (Å²) in [6.45, 7) is 0. The number of halogens is 1. The Morgan fingerprint density at radius 2 is 1.56 bits per heavy atom. The fourth-order valence-electron chi connectivity index (χ4n) is 2.30. The maximum absolute atomic E-state index is 12.7. The second-order valence-electron chi connectivity index (χ2n) is 5.62.